The summed E-state index contributed by atoms with van der Waals surface area (Å²) in [5.74, 6) is 0. The number of thiazole rings is 1. The number of carbonyl (C=O) groups is 1. The van der Waals surface area contributed by atoms with Gasteiger partial charge in [-0.3, -0.25) is 5.32 Å². The molecule has 1 saturated heterocycles. The highest BCUT2D eigenvalue weighted by molar-refractivity contribution is 9.10. The van der Waals surface area contributed by atoms with Crippen LogP contribution in [0.15, 0.2) is 58.4 Å². The molecule has 1 aliphatic rings. The Kier molecular flexibility index (Phi) is 7.13. The number of anilines is 2. The fourth-order valence-corrected chi connectivity index (χ4v) is 4.84. The van der Waals surface area contributed by atoms with Crippen molar-refractivity contribution in [2.75, 3.05) is 36.4 Å². The second-order valence-electron chi connectivity index (χ2n) is 8.38. The molecule has 2 aromatic carbocycles. The topological polar surface area (TPSA) is 69.3 Å². The lowest BCUT2D eigenvalue weighted by atomic mass is 9.82. The van der Waals surface area contributed by atoms with E-state index in [0.29, 0.717) is 11.7 Å². The van der Waals surface area contributed by atoms with Gasteiger partial charge in [-0.2, -0.15) is 0 Å². The number of piperazine rings is 1. The second-order valence-corrected chi connectivity index (χ2v) is 10.2. The predicted octanol–water partition coefficient (Wildman–Crippen LogP) is 4.96. The fourth-order valence-electron chi connectivity index (χ4n) is 3.70. The molecule has 8 heteroatoms. The number of nitrogens with one attached hydrogen (secondary N) is 3. The van der Waals surface area contributed by atoms with Crippen LogP contribution in [0.1, 0.15) is 30.7 Å². The van der Waals surface area contributed by atoms with Crippen molar-refractivity contribution in [2.45, 2.75) is 25.8 Å². The quantitative estimate of drug-likeness (QED) is 0.435. The van der Waals surface area contributed by atoms with Crippen LogP contribution in [0.4, 0.5) is 15.6 Å². The Morgan fingerprint density at radius 2 is 1.81 bits per heavy atom. The third-order valence-corrected chi connectivity index (χ3v) is 7.09. The van der Waals surface area contributed by atoms with Gasteiger partial charge >= 0.3 is 6.03 Å². The molecule has 168 valence electrons. The maximum atomic E-state index is 12.4. The third kappa shape index (κ3) is 5.49. The van der Waals surface area contributed by atoms with Crippen molar-refractivity contribution in [3.8, 4) is 0 Å². The molecule has 6 nitrogen and oxygen atoms in total. The van der Waals surface area contributed by atoms with E-state index in [4.69, 9.17) is 0 Å². The first-order valence-electron chi connectivity index (χ1n) is 10.7. The fraction of sp³-hybridized carbons (Fsp3) is 0.333. The molecule has 0 spiro atoms. The lowest BCUT2D eigenvalue weighted by Crippen LogP contribution is -2.43. The van der Waals surface area contributed by atoms with Crippen LogP contribution in [-0.2, 0) is 12.0 Å². The molecule has 1 fully saturated rings. The van der Waals surface area contributed by atoms with E-state index in [0.717, 1.165) is 41.9 Å². The van der Waals surface area contributed by atoms with E-state index in [9.17, 15) is 4.79 Å². The molecule has 2 heterocycles. The largest absolute Gasteiger partial charge is 0.369 e. The molecular weight excluding hydrogens is 486 g/mol. The molecule has 0 radical (unpaired) electrons. The van der Waals surface area contributed by atoms with Gasteiger partial charge in [0.15, 0.2) is 5.13 Å². The van der Waals surface area contributed by atoms with Crippen molar-refractivity contribution >= 4 is 44.1 Å². The molecule has 32 heavy (non-hydrogen) atoms. The molecular formula is C24H28BrN5OS. The van der Waals surface area contributed by atoms with E-state index in [2.05, 4.69) is 92.0 Å². The number of amides is 2. The normalized spacial score (nSPS) is 14.3. The SMILES string of the molecule is CC(C)(c1ccc(Br)cc1)c1csc(NC(=O)NCc2ccc(N3CCNCC3)cc2)n1. The molecule has 3 N–H and O–H groups in total. The van der Waals surface area contributed by atoms with Crippen molar-refractivity contribution in [1.29, 1.82) is 0 Å². The van der Waals surface area contributed by atoms with Crippen LogP contribution in [-0.4, -0.2) is 37.2 Å². The Hall–Kier alpha value is -2.42. The summed E-state index contributed by atoms with van der Waals surface area (Å²) < 4.78 is 1.05. The average Bonchev–Trinajstić information content (AvgIpc) is 3.28. The minimum Gasteiger partial charge on any atom is -0.369 e. The maximum Gasteiger partial charge on any atom is 0.321 e. The molecule has 4 rings (SSSR count). The summed E-state index contributed by atoms with van der Waals surface area (Å²) in [6.07, 6.45) is 0. The Morgan fingerprint density at radius 1 is 1.12 bits per heavy atom. The third-order valence-electron chi connectivity index (χ3n) is 5.80. The minimum absolute atomic E-state index is 0.250. The van der Waals surface area contributed by atoms with Gasteiger partial charge in [0.05, 0.1) is 5.69 Å². The monoisotopic (exact) mass is 513 g/mol. The molecule has 0 aliphatic carbocycles. The molecule has 1 aromatic heterocycles. The molecule has 0 atom stereocenters. The number of hydrogen-bond acceptors (Lipinski definition) is 5. The van der Waals surface area contributed by atoms with E-state index < -0.39 is 0 Å². The standard InChI is InChI=1S/C24H28BrN5OS/c1-24(2,18-5-7-19(25)8-6-18)21-16-32-23(28-21)29-22(31)27-15-17-3-9-20(10-4-17)30-13-11-26-12-14-30/h3-10,16,26H,11-15H2,1-2H3,(H2,27,28,29,31). The van der Waals surface area contributed by atoms with Gasteiger partial charge in [0.1, 0.15) is 0 Å². The van der Waals surface area contributed by atoms with Gasteiger partial charge in [0, 0.05) is 53.7 Å². The number of rotatable bonds is 6. The Bertz CT molecular complexity index is 1040. The van der Waals surface area contributed by atoms with Crippen molar-refractivity contribution in [2.24, 2.45) is 0 Å². The van der Waals surface area contributed by atoms with Crippen LogP contribution >= 0.6 is 27.3 Å². The Morgan fingerprint density at radius 3 is 2.50 bits per heavy atom. The highest BCUT2D eigenvalue weighted by Crippen LogP contribution is 2.34. The van der Waals surface area contributed by atoms with Gasteiger partial charge < -0.3 is 15.5 Å². The summed E-state index contributed by atoms with van der Waals surface area (Å²) >= 11 is 4.92. The molecule has 1 aliphatic heterocycles. The van der Waals surface area contributed by atoms with Gasteiger partial charge in [0.25, 0.3) is 0 Å². The predicted molar refractivity (Wildman–Crippen MR) is 136 cm³/mol. The van der Waals surface area contributed by atoms with Gasteiger partial charge in [-0.1, -0.05) is 54.0 Å². The van der Waals surface area contributed by atoms with Crippen molar-refractivity contribution in [3.05, 3.63) is 75.2 Å². The number of nitrogens with zero attached hydrogens (tertiary/aromatic N) is 2. The molecule has 0 unspecified atom stereocenters. The van der Waals surface area contributed by atoms with E-state index in [-0.39, 0.29) is 11.4 Å². The van der Waals surface area contributed by atoms with E-state index >= 15 is 0 Å². The zero-order valence-electron chi connectivity index (χ0n) is 18.3. The molecule has 0 bridgehead atoms. The Labute approximate surface area is 201 Å². The molecule has 3 aromatic rings. The lowest BCUT2D eigenvalue weighted by molar-refractivity contribution is 0.251. The number of aromatic nitrogens is 1. The smallest absolute Gasteiger partial charge is 0.321 e. The highest BCUT2D eigenvalue weighted by atomic mass is 79.9. The summed E-state index contributed by atoms with van der Waals surface area (Å²) in [7, 11) is 0. The van der Waals surface area contributed by atoms with Crippen molar-refractivity contribution < 1.29 is 4.79 Å². The zero-order chi connectivity index (χ0) is 22.6. The van der Waals surface area contributed by atoms with Crippen LogP contribution in [0, 0.1) is 0 Å². The number of urea groups is 1. The first-order valence-corrected chi connectivity index (χ1v) is 12.4. The van der Waals surface area contributed by atoms with Crippen LogP contribution < -0.4 is 20.9 Å². The van der Waals surface area contributed by atoms with Crippen LogP contribution in [0.25, 0.3) is 0 Å². The van der Waals surface area contributed by atoms with Crippen LogP contribution in [0.2, 0.25) is 0 Å². The van der Waals surface area contributed by atoms with Gasteiger partial charge in [0.2, 0.25) is 0 Å². The summed E-state index contributed by atoms with van der Waals surface area (Å²) in [6, 6.07) is 16.4. The summed E-state index contributed by atoms with van der Waals surface area (Å²) in [5, 5.41) is 11.8. The first-order chi connectivity index (χ1) is 15.4. The zero-order valence-corrected chi connectivity index (χ0v) is 20.7. The van der Waals surface area contributed by atoms with Gasteiger partial charge in [-0.25, -0.2) is 9.78 Å². The summed E-state index contributed by atoms with van der Waals surface area (Å²) in [6.45, 7) is 8.82. The van der Waals surface area contributed by atoms with Gasteiger partial charge in [-0.05, 0) is 35.4 Å². The number of benzene rings is 2. The average molecular weight is 514 g/mol. The lowest BCUT2D eigenvalue weighted by Gasteiger charge is -2.29. The van der Waals surface area contributed by atoms with Crippen LogP contribution in [0.5, 0.6) is 0 Å². The molecule has 2 amide bonds. The maximum absolute atomic E-state index is 12.4. The van der Waals surface area contributed by atoms with Crippen LogP contribution in [0.3, 0.4) is 0 Å². The number of hydrogen-bond donors (Lipinski definition) is 3. The van der Waals surface area contributed by atoms with Crippen molar-refractivity contribution in [3.63, 3.8) is 0 Å². The molecule has 0 saturated carbocycles. The summed E-state index contributed by atoms with van der Waals surface area (Å²) in [4.78, 5) is 19.4. The van der Waals surface area contributed by atoms with Crippen molar-refractivity contribution in [1.82, 2.24) is 15.6 Å². The van der Waals surface area contributed by atoms with E-state index in [1.165, 1.54) is 22.6 Å². The number of halogens is 1. The van der Waals surface area contributed by atoms with E-state index in [1.54, 1.807) is 0 Å². The second kappa shape index (κ2) is 10.0. The first kappa shape index (κ1) is 22.8. The van der Waals surface area contributed by atoms with E-state index in [1.807, 2.05) is 17.5 Å². The summed E-state index contributed by atoms with van der Waals surface area (Å²) in [5.41, 5.74) is 4.15. The highest BCUT2D eigenvalue weighted by Gasteiger charge is 2.26. The minimum atomic E-state index is -0.251. The van der Waals surface area contributed by atoms with Gasteiger partial charge in [-0.15, -0.1) is 11.3 Å². The Balaban J connectivity index is 1.31. The number of carbonyl (C=O) groups excluding carboxylic acids is 1.